The molecule has 0 radical (unpaired) electrons. The van der Waals surface area contributed by atoms with Crippen LogP contribution in [0, 0.1) is 10.1 Å². The Morgan fingerprint density at radius 3 is 2.74 bits per heavy atom. The summed E-state index contributed by atoms with van der Waals surface area (Å²) in [4.78, 5) is 43.0. The second-order valence-electron chi connectivity index (χ2n) is 8.34. The van der Waals surface area contributed by atoms with Crippen molar-refractivity contribution in [2.24, 2.45) is 0 Å². The minimum absolute atomic E-state index is 0.0310. The quantitative estimate of drug-likeness (QED) is 0.139. The largest absolute Gasteiger partial charge is 0.493 e. The number of nitrogens with one attached hydrogen (secondary N) is 1. The minimum Gasteiger partial charge on any atom is -0.493 e. The molecule has 0 spiro atoms. The summed E-state index contributed by atoms with van der Waals surface area (Å²) in [6.45, 7) is 0.317. The maximum atomic E-state index is 12.9. The van der Waals surface area contributed by atoms with Gasteiger partial charge < -0.3 is 14.8 Å². The van der Waals surface area contributed by atoms with Gasteiger partial charge in [0.15, 0.2) is 16.6 Å². The van der Waals surface area contributed by atoms with E-state index in [2.05, 4.69) is 10.3 Å². The van der Waals surface area contributed by atoms with Crippen molar-refractivity contribution in [2.75, 3.05) is 26.1 Å². The molecule has 1 aromatic heterocycles. The van der Waals surface area contributed by atoms with Gasteiger partial charge >= 0.3 is 0 Å². The van der Waals surface area contributed by atoms with Crippen LogP contribution in [0.2, 0.25) is 0 Å². The summed E-state index contributed by atoms with van der Waals surface area (Å²) in [5.74, 6) is 0.726. The third-order valence-corrected chi connectivity index (χ3v) is 7.95. The lowest BCUT2D eigenvalue weighted by Crippen LogP contribution is -2.29. The highest BCUT2D eigenvalue weighted by Gasteiger charge is 2.31. The van der Waals surface area contributed by atoms with Gasteiger partial charge in [0.2, 0.25) is 5.91 Å². The van der Waals surface area contributed by atoms with Gasteiger partial charge in [0.25, 0.3) is 11.6 Å². The number of hydrogen-bond donors (Lipinski definition) is 1. The van der Waals surface area contributed by atoms with E-state index in [1.165, 1.54) is 40.1 Å². The minimum atomic E-state index is -0.432. The molecule has 2 aromatic carbocycles. The lowest BCUT2D eigenvalue weighted by Gasteiger charge is -2.13. The van der Waals surface area contributed by atoms with E-state index in [-0.39, 0.29) is 23.9 Å². The SMILES string of the molecule is COc1ccc(C=C2SC(=S)N(CCCC(=O)Nc3ncc(Cc4cccc([N+](=O)[O-])c4)s3)C2=O)cc1OC. The molecule has 13 heteroatoms. The molecule has 1 aliphatic heterocycles. The number of methoxy groups -OCH3 is 2. The normalized spacial score (nSPS) is 14.1. The van der Waals surface area contributed by atoms with Crippen LogP contribution in [0.4, 0.5) is 10.8 Å². The number of thiocarbonyl (C=S) groups is 1. The summed E-state index contributed by atoms with van der Waals surface area (Å²) in [7, 11) is 3.10. The Labute approximate surface area is 238 Å². The number of thiazole rings is 1. The van der Waals surface area contributed by atoms with Gasteiger partial charge in [0, 0.05) is 42.6 Å². The van der Waals surface area contributed by atoms with Crippen molar-refractivity contribution in [1.82, 2.24) is 9.88 Å². The number of nitrogens with zero attached hydrogens (tertiary/aromatic N) is 3. The van der Waals surface area contributed by atoms with Gasteiger partial charge in [-0.1, -0.05) is 42.2 Å². The summed E-state index contributed by atoms with van der Waals surface area (Å²) in [6.07, 6.45) is 4.48. The van der Waals surface area contributed by atoms with E-state index in [0.717, 1.165) is 16.0 Å². The van der Waals surface area contributed by atoms with E-state index in [1.54, 1.807) is 44.7 Å². The molecule has 202 valence electrons. The molecule has 1 fully saturated rings. The number of rotatable bonds is 11. The summed E-state index contributed by atoms with van der Waals surface area (Å²) < 4.78 is 11.0. The summed E-state index contributed by atoms with van der Waals surface area (Å²) in [5.41, 5.74) is 1.60. The first-order chi connectivity index (χ1) is 18.8. The zero-order valence-corrected chi connectivity index (χ0v) is 23.5. The number of nitro benzene ring substituents is 1. The average Bonchev–Trinajstić information content (AvgIpc) is 3.46. The fourth-order valence-electron chi connectivity index (χ4n) is 3.79. The van der Waals surface area contributed by atoms with Crippen LogP contribution < -0.4 is 14.8 Å². The molecule has 1 aliphatic rings. The number of ether oxygens (including phenoxy) is 2. The maximum Gasteiger partial charge on any atom is 0.269 e. The van der Waals surface area contributed by atoms with Crippen molar-refractivity contribution in [1.29, 1.82) is 0 Å². The number of thioether (sulfide) groups is 1. The third-order valence-electron chi connectivity index (χ3n) is 5.66. The standard InChI is InChI=1S/C26H24N4O6S3/c1-35-20-9-8-17(13-21(20)36-2)14-22-24(32)29(26(37)39-22)10-4-7-23(31)28-25-27-15-19(38-25)12-16-5-3-6-18(11-16)30(33)34/h3,5-6,8-9,11,13-15H,4,7,10,12H2,1-2H3,(H,27,28,31). The van der Waals surface area contributed by atoms with Crippen molar-refractivity contribution in [3.8, 4) is 11.5 Å². The van der Waals surface area contributed by atoms with Crippen LogP contribution >= 0.6 is 35.3 Å². The average molecular weight is 585 g/mol. The molecule has 39 heavy (non-hydrogen) atoms. The molecule has 0 bridgehead atoms. The predicted molar refractivity (Wildman–Crippen MR) is 155 cm³/mol. The zero-order valence-electron chi connectivity index (χ0n) is 21.0. The van der Waals surface area contributed by atoms with E-state index in [4.69, 9.17) is 21.7 Å². The molecule has 4 rings (SSSR count). The molecule has 1 N–H and O–H groups in total. The van der Waals surface area contributed by atoms with Gasteiger partial charge in [-0.25, -0.2) is 4.98 Å². The number of anilines is 1. The monoisotopic (exact) mass is 584 g/mol. The van der Waals surface area contributed by atoms with Gasteiger partial charge in [-0.15, -0.1) is 11.3 Å². The molecule has 0 atom stereocenters. The Morgan fingerprint density at radius 1 is 1.21 bits per heavy atom. The molecule has 1 saturated heterocycles. The van der Waals surface area contributed by atoms with Crippen LogP contribution in [-0.2, 0) is 16.0 Å². The molecule has 2 heterocycles. The summed E-state index contributed by atoms with van der Waals surface area (Å²) in [6, 6.07) is 11.8. The van der Waals surface area contributed by atoms with Gasteiger partial charge in [-0.05, 0) is 35.8 Å². The lowest BCUT2D eigenvalue weighted by atomic mass is 10.1. The number of nitro groups is 1. The molecule has 0 aliphatic carbocycles. The first kappa shape index (κ1) is 28.2. The topological polar surface area (TPSA) is 124 Å². The van der Waals surface area contributed by atoms with Crippen molar-refractivity contribution < 1.29 is 24.0 Å². The molecular weight excluding hydrogens is 561 g/mol. The highest BCUT2D eigenvalue weighted by molar-refractivity contribution is 8.26. The van der Waals surface area contributed by atoms with Crippen molar-refractivity contribution in [3.05, 3.63) is 79.7 Å². The number of hydrogen-bond acceptors (Lipinski definition) is 10. The summed E-state index contributed by atoms with van der Waals surface area (Å²) >= 11 is 7.93. The van der Waals surface area contributed by atoms with Crippen molar-refractivity contribution >= 4 is 68.3 Å². The third kappa shape index (κ3) is 7.19. The number of benzene rings is 2. The van der Waals surface area contributed by atoms with Crippen LogP contribution in [0.15, 0.2) is 53.6 Å². The van der Waals surface area contributed by atoms with Crippen molar-refractivity contribution in [2.45, 2.75) is 19.3 Å². The fourth-order valence-corrected chi connectivity index (χ4v) is 5.97. The van der Waals surface area contributed by atoms with E-state index < -0.39 is 4.92 Å². The van der Waals surface area contributed by atoms with Gasteiger partial charge in [-0.3, -0.25) is 24.6 Å². The molecule has 3 aromatic rings. The Balaban J connectivity index is 1.27. The van der Waals surface area contributed by atoms with Crippen LogP contribution in [0.5, 0.6) is 11.5 Å². The van der Waals surface area contributed by atoms with E-state index in [0.29, 0.717) is 45.2 Å². The molecule has 10 nitrogen and oxygen atoms in total. The van der Waals surface area contributed by atoms with E-state index >= 15 is 0 Å². The Hall–Kier alpha value is -3.81. The van der Waals surface area contributed by atoms with Gasteiger partial charge in [-0.2, -0.15) is 0 Å². The van der Waals surface area contributed by atoms with Gasteiger partial charge in [0.1, 0.15) is 4.32 Å². The Morgan fingerprint density at radius 2 is 2.00 bits per heavy atom. The van der Waals surface area contributed by atoms with Crippen LogP contribution in [0.25, 0.3) is 6.08 Å². The fraction of sp³-hybridized carbons (Fsp3) is 0.231. The van der Waals surface area contributed by atoms with Crippen LogP contribution in [-0.4, -0.2) is 51.7 Å². The molecule has 2 amide bonds. The first-order valence-electron chi connectivity index (χ1n) is 11.7. The van der Waals surface area contributed by atoms with Crippen LogP contribution in [0.3, 0.4) is 0 Å². The number of carbonyl (C=O) groups is 2. The Bertz CT molecular complexity index is 1450. The number of carbonyl (C=O) groups excluding carboxylic acids is 2. The van der Waals surface area contributed by atoms with Gasteiger partial charge in [0.05, 0.1) is 24.0 Å². The van der Waals surface area contributed by atoms with E-state index in [1.807, 2.05) is 12.1 Å². The second-order valence-corrected chi connectivity index (χ2v) is 11.1. The van der Waals surface area contributed by atoms with Crippen LogP contribution in [0.1, 0.15) is 28.8 Å². The highest BCUT2D eigenvalue weighted by atomic mass is 32.2. The maximum absolute atomic E-state index is 12.9. The number of non-ortho nitro benzene ring substituents is 1. The molecule has 0 unspecified atom stereocenters. The molecule has 0 saturated carbocycles. The lowest BCUT2D eigenvalue weighted by molar-refractivity contribution is -0.384. The predicted octanol–water partition coefficient (Wildman–Crippen LogP) is 5.28. The Kier molecular flexibility index (Phi) is 9.28. The summed E-state index contributed by atoms with van der Waals surface area (Å²) in [5, 5.41) is 14.2. The molecular formula is C26H24N4O6S3. The van der Waals surface area contributed by atoms with E-state index in [9.17, 15) is 19.7 Å². The first-order valence-corrected chi connectivity index (χ1v) is 13.8. The second kappa shape index (κ2) is 12.8. The number of aromatic nitrogens is 1. The zero-order chi connectivity index (χ0) is 27.9. The van der Waals surface area contributed by atoms with Crippen molar-refractivity contribution in [3.63, 3.8) is 0 Å². The smallest absolute Gasteiger partial charge is 0.269 e. The highest BCUT2D eigenvalue weighted by Crippen LogP contribution is 2.35. The number of amides is 2.